The highest BCUT2D eigenvalue weighted by Crippen LogP contribution is 2.65. The Kier molecular flexibility index (Phi) is 2.41. The summed E-state index contributed by atoms with van der Waals surface area (Å²) in [6.45, 7) is 5.91. The molecule has 0 aliphatic heterocycles. The van der Waals surface area contributed by atoms with E-state index in [2.05, 4.69) is 13.8 Å². The molecule has 0 heterocycles. The van der Waals surface area contributed by atoms with Crippen LogP contribution in [0.2, 0.25) is 0 Å². The molecule has 0 spiro atoms. The van der Waals surface area contributed by atoms with Crippen molar-refractivity contribution in [1.82, 2.24) is 0 Å². The lowest BCUT2D eigenvalue weighted by Gasteiger charge is -2.17. The number of carbonyl (C=O) groups excluding carboxylic acids is 1. The summed E-state index contributed by atoms with van der Waals surface area (Å²) < 4.78 is 12.8. The minimum atomic E-state index is -0.226. The normalized spacial score (nSPS) is 26.5. The van der Waals surface area contributed by atoms with E-state index in [0.717, 1.165) is 18.4 Å². The molecule has 1 fully saturated rings. The summed E-state index contributed by atoms with van der Waals surface area (Å²) in [7, 11) is 0. The Morgan fingerprint density at radius 1 is 1.31 bits per heavy atom. The number of benzene rings is 1. The first-order valence-electron chi connectivity index (χ1n) is 5.63. The van der Waals surface area contributed by atoms with Gasteiger partial charge in [-0.1, -0.05) is 26.0 Å². The summed E-state index contributed by atoms with van der Waals surface area (Å²) in [6, 6.07) is 6.46. The van der Waals surface area contributed by atoms with Gasteiger partial charge in [0.1, 0.15) is 11.6 Å². The third-order valence-electron chi connectivity index (χ3n) is 4.01. The predicted octanol–water partition coefficient (Wildman–Crippen LogP) is 3.37. The third kappa shape index (κ3) is 1.66. The van der Waals surface area contributed by atoms with Crippen LogP contribution in [-0.4, -0.2) is 5.78 Å². The molecule has 0 bridgehead atoms. The number of halogens is 1. The molecular formula is C14H17FO. The van der Waals surface area contributed by atoms with Crippen LogP contribution >= 0.6 is 0 Å². The average molecular weight is 220 g/mol. The topological polar surface area (TPSA) is 17.1 Å². The summed E-state index contributed by atoms with van der Waals surface area (Å²) in [5.74, 6) is 0.0255. The van der Waals surface area contributed by atoms with Crippen LogP contribution in [0.4, 0.5) is 4.39 Å². The van der Waals surface area contributed by atoms with E-state index in [9.17, 15) is 9.18 Å². The highest BCUT2D eigenvalue weighted by Gasteiger charge is 2.63. The minimum Gasteiger partial charge on any atom is -0.299 e. The van der Waals surface area contributed by atoms with Crippen LogP contribution in [0.3, 0.4) is 0 Å². The Bertz CT molecular complexity index is 419. The molecule has 86 valence electrons. The first kappa shape index (κ1) is 11.3. The van der Waals surface area contributed by atoms with E-state index in [0.29, 0.717) is 0 Å². The zero-order chi connectivity index (χ0) is 12.0. The van der Waals surface area contributed by atoms with E-state index in [1.165, 1.54) is 12.1 Å². The van der Waals surface area contributed by atoms with Crippen molar-refractivity contribution in [3.05, 3.63) is 35.6 Å². The van der Waals surface area contributed by atoms with Gasteiger partial charge in [0, 0.05) is 5.41 Å². The fraction of sp³-hybridized carbons (Fsp3) is 0.500. The largest absolute Gasteiger partial charge is 0.299 e. The molecule has 0 amide bonds. The molecule has 2 heteroatoms. The van der Waals surface area contributed by atoms with Crippen LogP contribution in [0, 0.1) is 16.6 Å². The van der Waals surface area contributed by atoms with Crippen molar-refractivity contribution in [2.45, 2.75) is 33.6 Å². The number of ketones is 1. The molecule has 0 radical (unpaired) electrons. The standard InChI is InChI=1S/C14H17FO/c1-10(16)14(9-13(14,2)3)8-11-4-6-12(15)7-5-11/h4-7H,8-9H2,1-3H3. The molecule has 1 nitrogen and oxygen atoms in total. The van der Waals surface area contributed by atoms with Crippen molar-refractivity contribution in [3.8, 4) is 0 Å². The fourth-order valence-corrected chi connectivity index (χ4v) is 2.69. The maximum Gasteiger partial charge on any atom is 0.136 e. The van der Waals surface area contributed by atoms with Crippen LogP contribution in [-0.2, 0) is 11.2 Å². The summed E-state index contributed by atoms with van der Waals surface area (Å²) in [6.07, 6.45) is 1.67. The molecule has 1 unspecified atom stereocenters. The molecule has 1 aliphatic rings. The van der Waals surface area contributed by atoms with E-state index < -0.39 is 0 Å². The van der Waals surface area contributed by atoms with Crippen molar-refractivity contribution in [2.24, 2.45) is 10.8 Å². The summed E-state index contributed by atoms with van der Waals surface area (Å²) in [5.41, 5.74) is 0.917. The quantitative estimate of drug-likeness (QED) is 0.763. The number of rotatable bonds is 3. The summed E-state index contributed by atoms with van der Waals surface area (Å²) in [5, 5.41) is 0. The molecular weight excluding hydrogens is 203 g/mol. The van der Waals surface area contributed by atoms with E-state index in [1.54, 1.807) is 19.1 Å². The molecule has 0 saturated heterocycles. The van der Waals surface area contributed by atoms with Crippen molar-refractivity contribution in [2.75, 3.05) is 0 Å². The van der Waals surface area contributed by atoms with Gasteiger partial charge in [-0.25, -0.2) is 4.39 Å². The molecule has 2 rings (SSSR count). The molecule has 16 heavy (non-hydrogen) atoms. The summed E-state index contributed by atoms with van der Waals surface area (Å²) in [4.78, 5) is 11.7. The van der Waals surface area contributed by atoms with Gasteiger partial charge in [0.25, 0.3) is 0 Å². The van der Waals surface area contributed by atoms with E-state index >= 15 is 0 Å². The number of carbonyl (C=O) groups is 1. The molecule has 0 N–H and O–H groups in total. The number of hydrogen-bond donors (Lipinski definition) is 0. The second-order valence-electron chi connectivity index (χ2n) is 5.50. The van der Waals surface area contributed by atoms with Gasteiger partial charge in [-0.3, -0.25) is 4.79 Å². The van der Waals surface area contributed by atoms with E-state index in [-0.39, 0.29) is 22.4 Å². The monoisotopic (exact) mass is 220 g/mol. The van der Waals surface area contributed by atoms with E-state index in [1.807, 2.05) is 0 Å². The molecule has 1 aromatic rings. The van der Waals surface area contributed by atoms with Gasteiger partial charge in [-0.05, 0) is 42.9 Å². The maximum absolute atomic E-state index is 12.8. The van der Waals surface area contributed by atoms with Crippen molar-refractivity contribution in [3.63, 3.8) is 0 Å². The third-order valence-corrected chi connectivity index (χ3v) is 4.01. The van der Waals surface area contributed by atoms with Gasteiger partial charge >= 0.3 is 0 Å². The predicted molar refractivity (Wildman–Crippen MR) is 61.6 cm³/mol. The maximum atomic E-state index is 12.8. The second-order valence-corrected chi connectivity index (χ2v) is 5.50. The second kappa shape index (κ2) is 3.41. The SMILES string of the molecule is CC(=O)C1(Cc2ccc(F)cc2)CC1(C)C. The average Bonchev–Trinajstić information content (AvgIpc) is 2.74. The van der Waals surface area contributed by atoms with Crippen LogP contribution in [0.1, 0.15) is 32.8 Å². The number of hydrogen-bond acceptors (Lipinski definition) is 1. The zero-order valence-corrected chi connectivity index (χ0v) is 10.0. The van der Waals surface area contributed by atoms with Gasteiger partial charge in [0.05, 0.1) is 0 Å². The van der Waals surface area contributed by atoms with Crippen molar-refractivity contribution in [1.29, 1.82) is 0 Å². The van der Waals surface area contributed by atoms with Crippen molar-refractivity contribution < 1.29 is 9.18 Å². The van der Waals surface area contributed by atoms with Gasteiger partial charge in [-0.2, -0.15) is 0 Å². The van der Waals surface area contributed by atoms with Gasteiger partial charge in [0.2, 0.25) is 0 Å². The minimum absolute atomic E-state index is 0.0905. The molecule has 1 atom stereocenters. The lowest BCUT2D eigenvalue weighted by Crippen LogP contribution is -2.21. The Morgan fingerprint density at radius 3 is 2.19 bits per heavy atom. The first-order valence-corrected chi connectivity index (χ1v) is 5.63. The fourth-order valence-electron chi connectivity index (χ4n) is 2.69. The summed E-state index contributed by atoms with van der Waals surface area (Å²) >= 11 is 0. The Morgan fingerprint density at radius 2 is 1.81 bits per heavy atom. The smallest absolute Gasteiger partial charge is 0.136 e. The highest BCUT2D eigenvalue weighted by atomic mass is 19.1. The van der Waals surface area contributed by atoms with Gasteiger partial charge in [-0.15, -0.1) is 0 Å². The molecule has 1 aromatic carbocycles. The van der Waals surface area contributed by atoms with Crippen LogP contribution in [0.15, 0.2) is 24.3 Å². The molecule has 1 aliphatic carbocycles. The lowest BCUT2D eigenvalue weighted by atomic mass is 9.85. The van der Waals surface area contributed by atoms with Crippen molar-refractivity contribution >= 4 is 5.78 Å². The molecule has 1 saturated carbocycles. The lowest BCUT2D eigenvalue weighted by molar-refractivity contribution is -0.123. The van der Waals surface area contributed by atoms with Gasteiger partial charge < -0.3 is 0 Å². The molecule has 0 aromatic heterocycles. The highest BCUT2D eigenvalue weighted by molar-refractivity contribution is 5.87. The Labute approximate surface area is 95.7 Å². The Balaban J connectivity index is 2.21. The number of Topliss-reactive ketones (excluding diaryl/α,β-unsaturated/α-hetero) is 1. The van der Waals surface area contributed by atoms with E-state index in [4.69, 9.17) is 0 Å². The first-order chi connectivity index (χ1) is 7.37. The Hall–Kier alpha value is -1.18. The van der Waals surface area contributed by atoms with Crippen LogP contribution in [0.25, 0.3) is 0 Å². The van der Waals surface area contributed by atoms with Crippen LogP contribution < -0.4 is 0 Å². The zero-order valence-electron chi connectivity index (χ0n) is 10.0. The van der Waals surface area contributed by atoms with Crippen LogP contribution in [0.5, 0.6) is 0 Å². The van der Waals surface area contributed by atoms with Gasteiger partial charge in [0.15, 0.2) is 0 Å².